The second-order valence-corrected chi connectivity index (χ2v) is 4.51. The van der Waals surface area contributed by atoms with Gasteiger partial charge in [-0.05, 0) is 30.7 Å². The molecule has 2 N–H and O–H groups in total. The molecule has 6 nitrogen and oxygen atoms in total. The van der Waals surface area contributed by atoms with Gasteiger partial charge < -0.3 is 20.1 Å². The van der Waals surface area contributed by atoms with Crippen LogP contribution >= 0.6 is 0 Å². The molecule has 1 atom stereocenters. The Morgan fingerprint density at radius 2 is 2.10 bits per heavy atom. The number of rotatable bonds is 4. The molecule has 0 spiro atoms. The van der Waals surface area contributed by atoms with Crippen LogP contribution in [-0.2, 0) is 4.79 Å². The SMILES string of the molecule is C=COc1ccc(NC(=O)N2CCC(C(=O)O)C2)cc1. The fourth-order valence-corrected chi connectivity index (χ4v) is 2.06. The molecule has 1 aromatic carbocycles. The molecular weight excluding hydrogens is 260 g/mol. The van der Waals surface area contributed by atoms with Crippen molar-refractivity contribution in [3.05, 3.63) is 37.1 Å². The summed E-state index contributed by atoms with van der Waals surface area (Å²) in [5.74, 6) is -0.694. The number of anilines is 1. The first-order valence-electron chi connectivity index (χ1n) is 6.26. The van der Waals surface area contributed by atoms with E-state index in [9.17, 15) is 9.59 Å². The minimum absolute atomic E-state index is 0.249. The van der Waals surface area contributed by atoms with E-state index in [0.717, 1.165) is 0 Å². The zero-order valence-electron chi connectivity index (χ0n) is 10.9. The van der Waals surface area contributed by atoms with Crippen molar-refractivity contribution in [1.82, 2.24) is 4.90 Å². The maximum Gasteiger partial charge on any atom is 0.321 e. The van der Waals surface area contributed by atoms with Crippen molar-refractivity contribution in [1.29, 1.82) is 0 Å². The summed E-state index contributed by atoms with van der Waals surface area (Å²) >= 11 is 0. The van der Waals surface area contributed by atoms with Gasteiger partial charge in [-0.15, -0.1) is 0 Å². The highest BCUT2D eigenvalue weighted by atomic mass is 16.5. The summed E-state index contributed by atoms with van der Waals surface area (Å²) in [5.41, 5.74) is 0.630. The molecule has 2 amide bonds. The number of nitrogens with one attached hydrogen (secondary N) is 1. The Bertz CT molecular complexity index is 512. The van der Waals surface area contributed by atoms with Gasteiger partial charge in [0, 0.05) is 18.8 Å². The molecule has 2 rings (SSSR count). The standard InChI is InChI=1S/C14H16N2O4/c1-2-20-12-5-3-11(4-6-12)15-14(19)16-8-7-10(9-16)13(17)18/h2-6,10H,1,7-9H2,(H,15,19)(H,17,18). The number of ether oxygens (including phenoxy) is 1. The number of likely N-dealkylation sites (tertiary alicyclic amines) is 1. The molecule has 0 aliphatic carbocycles. The lowest BCUT2D eigenvalue weighted by Gasteiger charge is -2.16. The van der Waals surface area contributed by atoms with Gasteiger partial charge in [0.2, 0.25) is 0 Å². The third-order valence-electron chi connectivity index (χ3n) is 3.15. The third-order valence-corrected chi connectivity index (χ3v) is 3.15. The largest absolute Gasteiger partial charge is 0.481 e. The summed E-state index contributed by atoms with van der Waals surface area (Å²) in [5, 5.41) is 11.6. The highest BCUT2D eigenvalue weighted by molar-refractivity contribution is 5.90. The maximum absolute atomic E-state index is 12.0. The van der Waals surface area contributed by atoms with Crippen LogP contribution < -0.4 is 10.1 Å². The summed E-state index contributed by atoms with van der Waals surface area (Å²) < 4.78 is 5.08. The molecule has 1 aliphatic heterocycles. The molecule has 106 valence electrons. The molecule has 6 heteroatoms. The Balaban J connectivity index is 1.91. The average Bonchev–Trinajstić information content (AvgIpc) is 2.91. The van der Waals surface area contributed by atoms with E-state index in [1.807, 2.05) is 0 Å². The van der Waals surface area contributed by atoms with Crippen LogP contribution in [0.2, 0.25) is 0 Å². The summed E-state index contributed by atoms with van der Waals surface area (Å²) in [6, 6.07) is 6.55. The van der Waals surface area contributed by atoms with Crippen LogP contribution in [0, 0.1) is 5.92 Å². The zero-order valence-corrected chi connectivity index (χ0v) is 10.9. The Kier molecular flexibility index (Phi) is 4.24. The van der Waals surface area contributed by atoms with Crippen LogP contribution in [0.25, 0.3) is 0 Å². The Hall–Kier alpha value is -2.50. The first kappa shape index (κ1) is 13.9. The predicted octanol–water partition coefficient (Wildman–Crippen LogP) is 2.15. The van der Waals surface area contributed by atoms with Crippen LogP contribution in [0.5, 0.6) is 5.75 Å². The van der Waals surface area contributed by atoms with Gasteiger partial charge in [-0.3, -0.25) is 4.79 Å². The number of carboxylic acids is 1. The molecule has 0 aromatic heterocycles. The van der Waals surface area contributed by atoms with Crippen LogP contribution in [0.1, 0.15) is 6.42 Å². The number of amides is 2. The molecule has 0 saturated carbocycles. The second kappa shape index (κ2) is 6.10. The molecule has 1 fully saturated rings. The number of carboxylic acid groups (broad SMARTS) is 1. The van der Waals surface area contributed by atoms with Crippen molar-refractivity contribution in [3.8, 4) is 5.75 Å². The molecule has 1 aliphatic rings. The first-order valence-corrected chi connectivity index (χ1v) is 6.26. The van der Waals surface area contributed by atoms with Crippen molar-refractivity contribution < 1.29 is 19.4 Å². The van der Waals surface area contributed by atoms with Crippen molar-refractivity contribution in [2.24, 2.45) is 5.92 Å². The number of hydrogen-bond acceptors (Lipinski definition) is 3. The van der Waals surface area contributed by atoms with Crippen molar-refractivity contribution in [3.63, 3.8) is 0 Å². The minimum Gasteiger partial charge on any atom is -0.481 e. The maximum atomic E-state index is 12.0. The molecule has 1 aromatic rings. The number of hydrogen-bond donors (Lipinski definition) is 2. The number of nitrogens with zero attached hydrogens (tertiary/aromatic N) is 1. The molecule has 1 saturated heterocycles. The lowest BCUT2D eigenvalue weighted by Crippen LogP contribution is -2.33. The van der Waals surface area contributed by atoms with Crippen LogP contribution in [-0.4, -0.2) is 35.1 Å². The lowest BCUT2D eigenvalue weighted by atomic mass is 10.1. The smallest absolute Gasteiger partial charge is 0.321 e. The van der Waals surface area contributed by atoms with Gasteiger partial charge >= 0.3 is 12.0 Å². The Labute approximate surface area is 116 Å². The highest BCUT2D eigenvalue weighted by Gasteiger charge is 2.30. The number of benzene rings is 1. The molecule has 1 heterocycles. The van der Waals surface area contributed by atoms with E-state index in [1.54, 1.807) is 24.3 Å². The molecule has 20 heavy (non-hydrogen) atoms. The van der Waals surface area contributed by atoms with Gasteiger partial charge in [-0.2, -0.15) is 0 Å². The van der Waals surface area contributed by atoms with Gasteiger partial charge in [-0.25, -0.2) is 4.79 Å². The normalized spacial score (nSPS) is 17.6. The van der Waals surface area contributed by atoms with E-state index in [2.05, 4.69) is 11.9 Å². The molecular formula is C14H16N2O4. The van der Waals surface area contributed by atoms with E-state index >= 15 is 0 Å². The Morgan fingerprint density at radius 1 is 1.40 bits per heavy atom. The summed E-state index contributed by atoms with van der Waals surface area (Å²) in [7, 11) is 0. The van der Waals surface area contributed by atoms with E-state index in [1.165, 1.54) is 11.2 Å². The van der Waals surface area contributed by atoms with E-state index in [-0.39, 0.29) is 12.6 Å². The number of aliphatic carboxylic acids is 1. The molecule has 1 unspecified atom stereocenters. The monoisotopic (exact) mass is 276 g/mol. The number of carbonyl (C=O) groups is 2. The summed E-state index contributed by atoms with van der Waals surface area (Å²) in [6.45, 7) is 4.16. The lowest BCUT2D eigenvalue weighted by molar-refractivity contribution is -0.141. The fraction of sp³-hybridized carbons (Fsp3) is 0.286. The topological polar surface area (TPSA) is 78.9 Å². The predicted molar refractivity (Wildman–Crippen MR) is 73.6 cm³/mol. The molecule has 0 radical (unpaired) electrons. The molecule has 0 bridgehead atoms. The van der Waals surface area contributed by atoms with Gasteiger partial charge in [-0.1, -0.05) is 6.58 Å². The van der Waals surface area contributed by atoms with Crippen molar-refractivity contribution >= 4 is 17.7 Å². The first-order chi connectivity index (χ1) is 9.60. The average molecular weight is 276 g/mol. The zero-order chi connectivity index (χ0) is 14.5. The Morgan fingerprint density at radius 3 is 2.65 bits per heavy atom. The highest BCUT2D eigenvalue weighted by Crippen LogP contribution is 2.19. The fourth-order valence-electron chi connectivity index (χ4n) is 2.06. The third kappa shape index (κ3) is 3.28. The van der Waals surface area contributed by atoms with Gasteiger partial charge in [0.25, 0.3) is 0 Å². The number of carbonyl (C=O) groups excluding carboxylic acids is 1. The number of urea groups is 1. The van der Waals surface area contributed by atoms with Gasteiger partial charge in [0.1, 0.15) is 5.75 Å². The van der Waals surface area contributed by atoms with Gasteiger partial charge in [0.15, 0.2) is 0 Å². The van der Waals surface area contributed by atoms with Crippen LogP contribution in [0.3, 0.4) is 0 Å². The van der Waals surface area contributed by atoms with Crippen molar-refractivity contribution in [2.75, 3.05) is 18.4 Å². The van der Waals surface area contributed by atoms with Gasteiger partial charge in [0.05, 0.1) is 12.2 Å². The second-order valence-electron chi connectivity index (χ2n) is 4.51. The summed E-state index contributed by atoms with van der Waals surface area (Å²) in [6.07, 6.45) is 1.82. The van der Waals surface area contributed by atoms with Crippen LogP contribution in [0.15, 0.2) is 37.1 Å². The van der Waals surface area contributed by atoms with E-state index in [4.69, 9.17) is 9.84 Å². The minimum atomic E-state index is -0.855. The van der Waals surface area contributed by atoms with E-state index in [0.29, 0.717) is 24.4 Å². The summed E-state index contributed by atoms with van der Waals surface area (Å²) in [4.78, 5) is 24.3. The quantitative estimate of drug-likeness (QED) is 0.826. The van der Waals surface area contributed by atoms with Crippen molar-refractivity contribution in [2.45, 2.75) is 6.42 Å². The van der Waals surface area contributed by atoms with E-state index < -0.39 is 11.9 Å². The van der Waals surface area contributed by atoms with Crippen LogP contribution in [0.4, 0.5) is 10.5 Å².